The molecule has 0 aliphatic carbocycles. The van der Waals surface area contributed by atoms with Gasteiger partial charge in [-0.1, -0.05) is 17.7 Å². The highest BCUT2D eigenvalue weighted by molar-refractivity contribution is 6.30. The molecule has 0 radical (unpaired) electrons. The average molecular weight is 301 g/mol. The highest BCUT2D eigenvalue weighted by Crippen LogP contribution is 2.26. The summed E-state index contributed by atoms with van der Waals surface area (Å²) in [5.74, 6) is -0.166. The van der Waals surface area contributed by atoms with Crippen molar-refractivity contribution >= 4 is 28.6 Å². The lowest BCUT2D eigenvalue weighted by Crippen LogP contribution is -2.00. The van der Waals surface area contributed by atoms with E-state index in [0.717, 1.165) is 22.6 Å². The SMILES string of the molecule is Cc1ccc(Cl)cc1-n1c(C)nc2cc(C(=O)O)ccc21. The number of hydrogen-bond donors (Lipinski definition) is 1. The average Bonchev–Trinajstić information content (AvgIpc) is 2.76. The predicted molar refractivity (Wildman–Crippen MR) is 82.5 cm³/mol. The van der Waals surface area contributed by atoms with Crippen LogP contribution in [-0.4, -0.2) is 20.6 Å². The lowest BCUT2D eigenvalue weighted by atomic mass is 10.1. The zero-order valence-corrected chi connectivity index (χ0v) is 12.3. The first kappa shape index (κ1) is 13.6. The van der Waals surface area contributed by atoms with Gasteiger partial charge in [0.25, 0.3) is 0 Å². The van der Waals surface area contributed by atoms with Gasteiger partial charge in [-0.2, -0.15) is 0 Å². The number of fused-ring (bicyclic) bond motifs is 1. The zero-order valence-electron chi connectivity index (χ0n) is 11.6. The Morgan fingerprint density at radius 3 is 2.67 bits per heavy atom. The van der Waals surface area contributed by atoms with Crippen molar-refractivity contribution in [2.75, 3.05) is 0 Å². The van der Waals surface area contributed by atoms with Gasteiger partial charge in [0.1, 0.15) is 5.82 Å². The second kappa shape index (κ2) is 4.90. The van der Waals surface area contributed by atoms with Crippen LogP contribution >= 0.6 is 11.6 Å². The van der Waals surface area contributed by atoms with Gasteiger partial charge in [-0.15, -0.1) is 0 Å². The van der Waals surface area contributed by atoms with Crippen LogP contribution in [0.1, 0.15) is 21.7 Å². The fourth-order valence-electron chi connectivity index (χ4n) is 2.46. The molecule has 3 rings (SSSR count). The number of benzene rings is 2. The van der Waals surface area contributed by atoms with Crippen molar-refractivity contribution in [1.82, 2.24) is 9.55 Å². The van der Waals surface area contributed by atoms with Crippen LogP contribution in [0, 0.1) is 13.8 Å². The molecule has 0 bridgehead atoms. The maximum Gasteiger partial charge on any atom is 0.335 e. The molecule has 5 heteroatoms. The molecule has 0 spiro atoms. The van der Waals surface area contributed by atoms with E-state index in [4.69, 9.17) is 16.7 Å². The Morgan fingerprint density at radius 2 is 1.95 bits per heavy atom. The molecule has 0 saturated carbocycles. The van der Waals surface area contributed by atoms with Gasteiger partial charge in [-0.3, -0.25) is 4.57 Å². The molecule has 0 aliphatic heterocycles. The van der Waals surface area contributed by atoms with Crippen molar-refractivity contribution in [2.45, 2.75) is 13.8 Å². The van der Waals surface area contributed by atoms with Crippen molar-refractivity contribution in [3.05, 3.63) is 58.4 Å². The summed E-state index contributed by atoms with van der Waals surface area (Å²) in [6.45, 7) is 3.89. The molecule has 1 heterocycles. The number of rotatable bonds is 2. The van der Waals surface area contributed by atoms with E-state index in [1.54, 1.807) is 18.2 Å². The van der Waals surface area contributed by atoms with Crippen LogP contribution in [0.25, 0.3) is 16.7 Å². The van der Waals surface area contributed by atoms with Crippen LogP contribution < -0.4 is 0 Å². The number of imidazole rings is 1. The van der Waals surface area contributed by atoms with E-state index in [2.05, 4.69) is 4.98 Å². The lowest BCUT2D eigenvalue weighted by molar-refractivity contribution is 0.0697. The van der Waals surface area contributed by atoms with E-state index in [1.807, 2.05) is 36.6 Å². The summed E-state index contributed by atoms with van der Waals surface area (Å²) in [4.78, 5) is 15.5. The Balaban J connectivity index is 2.30. The van der Waals surface area contributed by atoms with E-state index >= 15 is 0 Å². The lowest BCUT2D eigenvalue weighted by Gasteiger charge is -2.11. The van der Waals surface area contributed by atoms with Gasteiger partial charge in [0.15, 0.2) is 0 Å². The van der Waals surface area contributed by atoms with Gasteiger partial charge < -0.3 is 5.11 Å². The number of carboxylic acid groups (broad SMARTS) is 1. The fourth-order valence-corrected chi connectivity index (χ4v) is 2.63. The standard InChI is InChI=1S/C16H13ClN2O2/c1-9-3-5-12(17)8-15(9)19-10(2)18-13-7-11(16(20)21)4-6-14(13)19/h3-8H,1-2H3,(H,20,21). The first-order chi connectivity index (χ1) is 9.97. The number of nitrogens with zero attached hydrogens (tertiary/aromatic N) is 2. The highest BCUT2D eigenvalue weighted by Gasteiger charge is 2.13. The molecule has 4 nitrogen and oxygen atoms in total. The number of carboxylic acids is 1. The minimum atomic E-state index is -0.956. The largest absolute Gasteiger partial charge is 0.478 e. The molecular weight excluding hydrogens is 288 g/mol. The van der Waals surface area contributed by atoms with Crippen LogP contribution in [0.3, 0.4) is 0 Å². The Hall–Kier alpha value is -2.33. The number of aromatic nitrogens is 2. The van der Waals surface area contributed by atoms with Crippen molar-refractivity contribution in [3.63, 3.8) is 0 Å². The van der Waals surface area contributed by atoms with Gasteiger partial charge in [-0.25, -0.2) is 9.78 Å². The maximum absolute atomic E-state index is 11.1. The third-order valence-electron chi connectivity index (χ3n) is 3.48. The topological polar surface area (TPSA) is 55.1 Å². The second-order valence-electron chi connectivity index (χ2n) is 4.93. The summed E-state index contributed by atoms with van der Waals surface area (Å²) in [5, 5.41) is 9.72. The van der Waals surface area contributed by atoms with E-state index in [1.165, 1.54) is 0 Å². The number of halogens is 1. The molecule has 0 unspecified atom stereocenters. The minimum absolute atomic E-state index is 0.231. The first-order valence-corrected chi connectivity index (χ1v) is 6.84. The summed E-state index contributed by atoms with van der Waals surface area (Å²) >= 11 is 6.09. The number of aromatic carboxylic acids is 1. The van der Waals surface area contributed by atoms with Crippen molar-refractivity contribution in [3.8, 4) is 5.69 Å². The van der Waals surface area contributed by atoms with Crippen LogP contribution in [0.5, 0.6) is 0 Å². The first-order valence-electron chi connectivity index (χ1n) is 6.46. The summed E-state index contributed by atoms with van der Waals surface area (Å²) in [6, 6.07) is 10.6. The molecule has 21 heavy (non-hydrogen) atoms. The summed E-state index contributed by atoms with van der Waals surface area (Å²) in [7, 11) is 0. The van der Waals surface area contributed by atoms with Crippen molar-refractivity contribution < 1.29 is 9.90 Å². The van der Waals surface area contributed by atoms with Crippen LogP contribution in [0.4, 0.5) is 0 Å². The molecule has 0 aliphatic rings. The predicted octanol–water partition coefficient (Wildman–Crippen LogP) is 3.99. The number of aryl methyl sites for hydroxylation is 2. The van der Waals surface area contributed by atoms with Gasteiger partial charge in [0.2, 0.25) is 0 Å². The molecule has 106 valence electrons. The maximum atomic E-state index is 11.1. The van der Waals surface area contributed by atoms with Gasteiger partial charge in [0, 0.05) is 5.02 Å². The molecule has 1 N–H and O–H groups in total. The molecule has 2 aromatic carbocycles. The molecule has 0 atom stereocenters. The Morgan fingerprint density at radius 1 is 1.19 bits per heavy atom. The van der Waals surface area contributed by atoms with Crippen molar-refractivity contribution in [2.24, 2.45) is 0 Å². The molecule has 0 saturated heterocycles. The molecule has 0 fully saturated rings. The van der Waals surface area contributed by atoms with E-state index in [9.17, 15) is 4.79 Å². The van der Waals surface area contributed by atoms with Gasteiger partial charge in [0.05, 0.1) is 22.3 Å². The molecule has 1 aromatic heterocycles. The van der Waals surface area contributed by atoms with Crippen LogP contribution in [-0.2, 0) is 0 Å². The zero-order chi connectivity index (χ0) is 15.1. The fraction of sp³-hybridized carbons (Fsp3) is 0.125. The minimum Gasteiger partial charge on any atom is -0.478 e. The van der Waals surface area contributed by atoms with E-state index in [-0.39, 0.29) is 5.56 Å². The molecule has 3 aromatic rings. The van der Waals surface area contributed by atoms with E-state index in [0.29, 0.717) is 10.5 Å². The Bertz CT molecular complexity index is 868. The quantitative estimate of drug-likeness (QED) is 0.778. The third-order valence-corrected chi connectivity index (χ3v) is 3.72. The van der Waals surface area contributed by atoms with Crippen molar-refractivity contribution in [1.29, 1.82) is 0 Å². The van der Waals surface area contributed by atoms with Gasteiger partial charge in [-0.05, 0) is 49.7 Å². The van der Waals surface area contributed by atoms with Gasteiger partial charge >= 0.3 is 5.97 Å². The Kier molecular flexibility index (Phi) is 3.18. The third kappa shape index (κ3) is 2.28. The normalized spacial score (nSPS) is 11.0. The smallest absolute Gasteiger partial charge is 0.335 e. The number of hydrogen-bond acceptors (Lipinski definition) is 2. The second-order valence-corrected chi connectivity index (χ2v) is 5.37. The van der Waals surface area contributed by atoms with E-state index < -0.39 is 5.97 Å². The monoisotopic (exact) mass is 300 g/mol. The summed E-state index contributed by atoms with van der Waals surface area (Å²) in [5.41, 5.74) is 3.78. The summed E-state index contributed by atoms with van der Waals surface area (Å²) < 4.78 is 1.99. The Labute approximate surface area is 126 Å². The van der Waals surface area contributed by atoms with Crippen LogP contribution in [0.15, 0.2) is 36.4 Å². The highest BCUT2D eigenvalue weighted by atomic mass is 35.5. The summed E-state index contributed by atoms with van der Waals surface area (Å²) in [6.07, 6.45) is 0. The number of carbonyl (C=O) groups is 1. The molecular formula is C16H13ClN2O2. The molecule has 0 amide bonds. The van der Waals surface area contributed by atoms with Crippen LogP contribution in [0.2, 0.25) is 5.02 Å².